The fourth-order valence-electron chi connectivity index (χ4n) is 3.65. The van der Waals surface area contributed by atoms with Crippen molar-refractivity contribution in [2.45, 2.75) is 18.9 Å². The van der Waals surface area contributed by atoms with Crippen LogP contribution in [0.25, 0.3) is 0 Å². The highest BCUT2D eigenvalue weighted by Crippen LogP contribution is 2.27. The molecule has 2 amide bonds. The molecule has 1 aliphatic heterocycles. The minimum atomic E-state index is -0.650. The lowest BCUT2D eigenvalue weighted by molar-refractivity contribution is -0.124. The highest BCUT2D eigenvalue weighted by Gasteiger charge is 2.23. The number of amides is 2. The molecule has 0 bridgehead atoms. The van der Waals surface area contributed by atoms with Crippen molar-refractivity contribution in [3.05, 3.63) is 65.3 Å². The molecular formula is C25H26ClN7O3. The lowest BCUT2D eigenvalue weighted by Crippen LogP contribution is -2.35. The number of Topliss-reactive ketones (excluding diaryl/α,β-unsaturated/α-hetero) is 1. The van der Waals surface area contributed by atoms with E-state index in [9.17, 15) is 14.4 Å². The van der Waals surface area contributed by atoms with Gasteiger partial charge in [-0.2, -0.15) is 4.98 Å². The molecule has 3 aromatic rings. The van der Waals surface area contributed by atoms with Gasteiger partial charge in [-0.05, 0) is 55.8 Å². The summed E-state index contributed by atoms with van der Waals surface area (Å²) in [6.07, 6.45) is 3.26. The van der Waals surface area contributed by atoms with Crippen LogP contribution in [-0.2, 0) is 9.59 Å². The molecule has 2 aromatic carbocycles. The van der Waals surface area contributed by atoms with Crippen LogP contribution >= 0.6 is 11.6 Å². The second kappa shape index (κ2) is 11.1. The maximum atomic E-state index is 12.6. The normalized spacial score (nSPS) is 14.7. The first-order valence-corrected chi connectivity index (χ1v) is 11.8. The number of ketones is 1. The van der Waals surface area contributed by atoms with Gasteiger partial charge in [-0.25, -0.2) is 4.98 Å². The molecule has 1 saturated heterocycles. The molecule has 2 heterocycles. The number of nitrogens with one attached hydrogen (secondary N) is 4. The molecule has 1 fully saturated rings. The Hall–Kier alpha value is -4.02. The number of hydrogen-bond donors (Lipinski definition) is 4. The van der Waals surface area contributed by atoms with E-state index in [-0.39, 0.29) is 34.3 Å². The Morgan fingerprint density at radius 2 is 1.75 bits per heavy atom. The van der Waals surface area contributed by atoms with Crippen LogP contribution in [0.3, 0.4) is 0 Å². The van der Waals surface area contributed by atoms with Gasteiger partial charge in [0.15, 0.2) is 5.82 Å². The molecule has 0 saturated carbocycles. The highest BCUT2D eigenvalue weighted by molar-refractivity contribution is 6.43. The van der Waals surface area contributed by atoms with Crippen molar-refractivity contribution in [3.8, 4) is 0 Å². The largest absolute Gasteiger partial charge is 0.342 e. The number of likely N-dealkylation sites (N-methyl/N-ethyl adjacent to an activating group) is 1. The van der Waals surface area contributed by atoms with Crippen LogP contribution in [0.2, 0.25) is 5.02 Å². The molecule has 4 N–H and O–H groups in total. The van der Waals surface area contributed by atoms with E-state index in [4.69, 9.17) is 11.6 Å². The first-order chi connectivity index (χ1) is 17.3. The predicted octanol–water partition coefficient (Wildman–Crippen LogP) is 3.58. The SMILES string of the molecule is CN(C)C(=O)C(=O)c1ccccc1Nc1nc(Nc2ccc(NC(=O)[C@@H]3CCCN3)cc2)ncc1Cl. The summed E-state index contributed by atoms with van der Waals surface area (Å²) in [5.74, 6) is -0.806. The number of benzene rings is 2. The first kappa shape index (κ1) is 25.1. The number of para-hydroxylation sites is 1. The summed E-state index contributed by atoms with van der Waals surface area (Å²) >= 11 is 6.30. The van der Waals surface area contributed by atoms with E-state index in [1.165, 1.54) is 25.2 Å². The topological polar surface area (TPSA) is 128 Å². The highest BCUT2D eigenvalue weighted by atomic mass is 35.5. The maximum absolute atomic E-state index is 12.6. The summed E-state index contributed by atoms with van der Waals surface area (Å²) in [7, 11) is 3.03. The van der Waals surface area contributed by atoms with Crippen LogP contribution in [0.1, 0.15) is 23.2 Å². The fourth-order valence-corrected chi connectivity index (χ4v) is 3.79. The van der Waals surface area contributed by atoms with E-state index in [2.05, 4.69) is 31.2 Å². The van der Waals surface area contributed by atoms with Gasteiger partial charge in [0.1, 0.15) is 5.02 Å². The summed E-state index contributed by atoms with van der Waals surface area (Å²) in [6.45, 7) is 0.856. The zero-order valence-corrected chi connectivity index (χ0v) is 20.6. The Bertz CT molecular complexity index is 1270. The molecule has 36 heavy (non-hydrogen) atoms. The molecule has 1 aliphatic rings. The van der Waals surface area contributed by atoms with Crippen molar-refractivity contribution in [1.29, 1.82) is 0 Å². The number of aromatic nitrogens is 2. The van der Waals surface area contributed by atoms with Crippen molar-refractivity contribution in [2.75, 3.05) is 36.6 Å². The zero-order valence-electron chi connectivity index (χ0n) is 19.8. The summed E-state index contributed by atoms with van der Waals surface area (Å²) in [4.78, 5) is 46.9. The minimum Gasteiger partial charge on any atom is -0.342 e. The van der Waals surface area contributed by atoms with E-state index in [1.807, 2.05) is 0 Å². The molecule has 186 valence electrons. The number of rotatable bonds is 8. The van der Waals surface area contributed by atoms with Gasteiger partial charge in [0.05, 0.1) is 23.5 Å². The zero-order chi connectivity index (χ0) is 25.7. The van der Waals surface area contributed by atoms with Gasteiger partial charge < -0.3 is 26.2 Å². The fraction of sp³-hybridized carbons (Fsp3) is 0.240. The average molecular weight is 508 g/mol. The summed E-state index contributed by atoms with van der Waals surface area (Å²) in [5.41, 5.74) is 1.98. The smallest absolute Gasteiger partial charge is 0.294 e. The Morgan fingerprint density at radius 1 is 1.03 bits per heavy atom. The predicted molar refractivity (Wildman–Crippen MR) is 139 cm³/mol. The average Bonchev–Trinajstić information content (AvgIpc) is 3.42. The maximum Gasteiger partial charge on any atom is 0.294 e. The number of halogens is 1. The Labute approximate surface area is 213 Å². The summed E-state index contributed by atoms with van der Waals surface area (Å²) < 4.78 is 0. The Morgan fingerprint density at radius 3 is 2.44 bits per heavy atom. The number of hydrogen-bond acceptors (Lipinski definition) is 8. The third-order valence-corrected chi connectivity index (χ3v) is 5.83. The lowest BCUT2D eigenvalue weighted by Gasteiger charge is -2.14. The van der Waals surface area contributed by atoms with Crippen LogP contribution in [0.5, 0.6) is 0 Å². The summed E-state index contributed by atoms with van der Waals surface area (Å²) in [5, 5.41) is 12.4. The quantitative estimate of drug-likeness (QED) is 0.269. The monoisotopic (exact) mass is 507 g/mol. The lowest BCUT2D eigenvalue weighted by atomic mass is 10.1. The van der Waals surface area contributed by atoms with Gasteiger partial charge in [-0.15, -0.1) is 0 Å². The number of carbonyl (C=O) groups excluding carboxylic acids is 3. The van der Waals surface area contributed by atoms with Gasteiger partial charge in [0, 0.05) is 25.5 Å². The molecule has 1 aromatic heterocycles. The number of nitrogens with zero attached hydrogens (tertiary/aromatic N) is 3. The van der Waals surface area contributed by atoms with Crippen molar-refractivity contribution in [2.24, 2.45) is 0 Å². The number of carbonyl (C=O) groups is 3. The van der Waals surface area contributed by atoms with Crippen LogP contribution in [0.15, 0.2) is 54.7 Å². The minimum absolute atomic E-state index is 0.0454. The molecule has 0 spiro atoms. The second-order valence-corrected chi connectivity index (χ2v) is 8.84. The van der Waals surface area contributed by atoms with Crippen LogP contribution in [0, 0.1) is 0 Å². The van der Waals surface area contributed by atoms with E-state index in [1.54, 1.807) is 48.5 Å². The van der Waals surface area contributed by atoms with Gasteiger partial charge in [-0.1, -0.05) is 23.7 Å². The standard InChI is InChI=1S/C25H26ClN7O3/c1-33(2)24(36)21(34)17-6-3-4-7-19(17)31-22-18(26)14-28-25(32-22)30-16-11-9-15(10-12-16)29-23(35)20-8-5-13-27-20/h3-4,6-7,9-12,14,20,27H,5,8,13H2,1-2H3,(H,29,35)(H2,28,30,31,32)/t20-/m0/s1. The molecule has 0 aliphatic carbocycles. The molecular weight excluding hydrogens is 482 g/mol. The molecule has 0 radical (unpaired) electrons. The molecule has 10 nitrogen and oxygen atoms in total. The van der Waals surface area contributed by atoms with Crippen LogP contribution in [0.4, 0.5) is 28.8 Å². The van der Waals surface area contributed by atoms with Gasteiger partial charge in [0.2, 0.25) is 11.9 Å². The van der Waals surface area contributed by atoms with Gasteiger partial charge in [-0.3, -0.25) is 14.4 Å². The van der Waals surface area contributed by atoms with Crippen LogP contribution < -0.4 is 21.3 Å². The molecule has 11 heteroatoms. The third-order valence-electron chi connectivity index (χ3n) is 5.55. The Balaban J connectivity index is 1.47. The van der Waals surface area contributed by atoms with Crippen molar-refractivity contribution in [1.82, 2.24) is 20.2 Å². The van der Waals surface area contributed by atoms with E-state index in [0.29, 0.717) is 17.1 Å². The first-order valence-electron chi connectivity index (χ1n) is 11.4. The molecule has 0 unspecified atom stereocenters. The second-order valence-electron chi connectivity index (χ2n) is 8.43. The van der Waals surface area contributed by atoms with E-state index < -0.39 is 11.7 Å². The molecule has 1 atom stereocenters. The van der Waals surface area contributed by atoms with Crippen molar-refractivity contribution >= 4 is 58.0 Å². The number of anilines is 5. The van der Waals surface area contributed by atoms with Crippen molar-refractivity contribution in [3.63, 3.8) is 0 Å². The van der Waals surface area contributed by atoms with E-state index >= 15 is 0 Å². The third kappa shape index (κ3) is 5.96. The van der Waals surface area contributed by atoms with Crippen LogP contribution in [-0.4, -0.2) is 59.1 Å². The van der Waals surface area contributed by atoms with Crippen molar-refractivity contribution < 1.29 is 14.4 Å². The Kier molecular flexibility index (Phi) is 7.77. The van der Waals surface area contributed by atoms with Gasteiger partial charge in [0.25, 0.3) is 11.7 Å². The van der Waals surface area contributed by atoms with E-state index in [0.717, 1.165) is 19.4 Å². The summed E-state index contributed by atoms with van der Waals surface area (Å²) in [6, 6.07) is 13.6. The van der Waals surface area contributed by atoms with Gasteiger partial charge >= 0.3 is 0 Å². The molecule has 4 rings (SSSR count).